The van der Waals surface area contributed by atoms with Crippen LogP contribution in [0.4, 0.5) is 5.69 Å². The molecule has 2 aromatic rings. The first-order chi connectivity index (χ1) is 14.6. The van der Waals surface area contributed by atoms with Crippen molar-refractivity contribution in [2.75, 3.05) is 46.0 Å². The first-order valence-electron chi connectivity index (χ1n) is 10.1. The predicted molar refractivity (Wildman–Crippen MR) is 113 cm³/mol. The average Bonchev–Trinajstić information content (AvgIpc) is 2.77. The predicted octanol–water partition coefficient (Wildman–Crippen LogP) is 2.97. The van der Waals surface area contributed by atoms with Gasteiger partial charge in [-0.3, -0.25) is 19.8 Å². The molecule has 0 bridgehead atoms. The number of nitro groups is 1. The molecule has 8 nitrogen and oxygen atoms in total. The number of hydrogen-bond acceptors (Lipinski definition) is 6. The Morgan fingerprint density at radius 3 is 2.57 bits per heavy atom. The standard InChI is InChI=1S/C22H27N3O5/c1-2-29-14-15-30-21-9-4-3-8-20(21)22(26)24-12-10-23(11-13-24)17-18-6-5-7-19(16-18)25(27)28/h3-9,16H,2,10-15,17H2,1H3. The number of benzene rings is 2. The van der Waals surface area contributed by atoms with Gasteiger partial charge in [0.05, 0.1) is 17.1 Å². The molecule has 1 amide bonds. The van der Waals surface area contributed by atoms with Gasteiger partial charge in [0, 0.05) is 51.5 Å². The maximum absolute atomic E-state index is 13.0. The number of nitro benzene ring substituents is 1. The third-order valence-electron chi connectivity index (χ3n) is 4.99. The Morgan fingerprint density at radius 1 is 1.07 bits per heavy atom. The molecule has 0 saturated carbocycles. The van der Waals surface area contributed by atoms with E-state index in [-0.39, 0.29) is 16.5 Å². The molecule has 0 atom stereocenters. The van der Waals surface area contributed by atoms with Crippen LogP contribution in [0.2, 0.25) is 0 Å². The minimum Gasteiger partial charge on any atom is -0.490 e. The maximum atomic E-state index is 13.0. The maximum Gasteiger partial charge on any atom is 0.269 e. The summed E-state index contributed by atoms with van der Waals surface area (Å²) < 4.78 is 11.0. The Morgan fingerprint density at radius 2 is 1.83 bits per heavy atom. The van der Waals surface area contributed by atoms with Gasteiger partial charge in [0.2, 0.25) is 0 Å². The van der Waals surface area contributed by atoms with Gasteiger partial charge >= 0.3 is 0 Å². The number of nitrogens with zero attached hydrogens (tertiary/aromatic N) is 3. The summed E-state index contributed by atoms with van der Waals surface area (Å²) >= 11 is 0. The number of para-hydroxylation sites is 1. The summed E-state index contributed by atoms with van der Waals surface area (Å²) in [5.41, 5.74) is 1.56. The second-order valence-electron chi connectivity index (χ2n) is 7.04. The summed E-state index contributed by atoms with van der Waals surface area (Å²) in [4.78, 5) is 27.6. The van der Waals surface area contributed by atoms with Gasteiger partial charge in [0.1, 0.15) is 12.4 Å². The van der Waals surface area contributed by atoms with Gasteiger partial charge < -0.3 is 14.4 Å². The topological polar surface area (TPSA) is 85.2 Å². The van der Waals surface area contributed by atoms with E-state index in [2.05, 4.69) is 4.90 Å². The van der Waals surface area contributed by atoms with Crippen molar-refractivity contribution in [2.45, 2.75) is 13.5 Å². The lowest BCUT2D eigenvalue weighted by atomic mass is 10.1. The van der Waals surface area contributed by atoms with E-state index in [0.717, 1.165) is 5.56 Å². The van der Waals surface area contributed by atoms with E-state index in [1.165, 1.54) is 6.07 Å². The van der Waals surface area contributed by atoms with Gasteiger partial charge in [-0.15, -0.1) is 0 Å². The molecule has 2 aromatic carbocycles. The Kier molecular flexibility index (Phi) is 7.75. The van der Waals surface area contributed by atoms with Crippen molar-refractivity contribution in [3.05, 3.63) is 69.8 Å². The van der Waals surface area contributed by atoms with Crippen molar-refractivity contribution in [1.29, 1.82) is 0 Å². The third kappa shape index (κ3) is 5.77. The zero-order valence-corrected chi connectivity index (χ0v) is 17.2. The molecule has 0 N–H and O–H groups in total. The van der Waals surface area contributed by atoms with Gasteiger partial charge in [-0.25, -0.2) is 0 Å². The number of carbonyl (C=O) groups excluding carboxylic acids is 1. The number of non-ortho nitro benzene ring substituents is 1. The number of hydrogen-bond donors (Lipinski definition) is 0. The Balaban J connectivity index is 1.55. The number of carbonyl (C=O) groups is 1. The van der Waals surface area contributed by atoms with Crippen molar-refractivity contribution in [3.8, 4) is 5.75 Å². The minimum absolute atomic E-state index is 0.0444. The van der Waals surface area contributed by atoms with Gasteiger partial charge in [-0.2, -0.15) is 0 Å². The van der Waals surface area contributed by atoms with Crippen LogP contribution < -0.4 is 4.74 Å². The van der Waals surface area contributed by atoms with E-state index in [1.807, 2.05) is 30.0 Å². The molecule has 0 aromatic heterocycles. The fraction of sp³-hybridized carbons (Fsp3) is 0.409. The normalized spacial score (nSPS) is 14.5. The van der Waals surface area contributed by atoms with Crippen LogP contribution in [0.3, 0.4) is 0 Å². The smallest absolute Gasteiger partial charge is 0.269 e. The third-order valence-corrected chi connectivity index (χ3v) is 4.99. The lowest BCUT2D eigenvalue weighted by molar-refractivity contribution is -0.384. The van der Waals surface area contributed by atoms with Crippen molar-refractivity contribution in [3.63, 3.8) is 0 Å². The molecule has 1 aliphatic heterocycles. The number of piperazine rings is 1. The summed E-state index contributed by atoms with van der Waals surface area (Å²) in [7, 11) is 0. The van der Waals surface area contributed by atoms with Crippen molar-refractivity contribution >= 4 is 11.6 Å². The van der Waals surface area contributed by atoms with Crippen LogP contribution in [-0.4, -0.2) is 66.6 Å². The van der Waals surface area contributed by atoms with Gasteiger partial charge in [-0.05, 0) is 24.6 Å². The second kappa shape index (κ2) is 10.7. The summed E-state index contributed by atoms with van der Waals surface area (Å²) in [5.74, 6) is 0.526. The lowest BCUT2D eigenvalue weighted by Gasteiger charge is -2.35. The van der Waals surface area contributed by atoms with Crippen LogP contribution in [0.25, 0.3) is 0 Å². The van der Waals surface area contributed by atoms with Gasteiger partial charge in [-0.1, -0.05) is 24.3 Å². The zero-order valence-electron chi connectivity index (χ0n) is 17.2. The van der Waals surface area contributed by atoms with E-state index in [4.69, 9.17) is 9.47 Å². The summed E-state index contributed by atoms with van der Waals surface area (Å²) in [6.45, 7) is 6.68. The molecule has 0 aliphatic carbocycles. The van der Waals surface area contributed by atoms with Crippen molar-refractivity contribution in [2.24, 2.45) is 0 Å². The van der Waals surface area contributed by atoms with Crippen molar-refractivity contribution in [1.82, 2.24) is 9.80 Å². The number of rotatable bonds is 9. The van der Waals surface area contributed by atoms with Gasteiger partial charge in [0.15, 0.2) is 0 Å². The largest absolute Gasteiger partial charge is 0.490 e. The molecule has 1 fully saturated rings. The van der Waals surface area contributed by atoms with Crippen LogP contribution in [0.5, 0.6) is 5.75 Å². The fourth-order valence-corrected chi connectivity index (χ4v) is 3.43. The molecule has 8 heteroatoms. The molecule has 30 heavy (non-hydrogen) atoms. The SMILES string of the molecule is CCOCCOc1ccccc1C(=O)N1CCN(Cc2cccc([N+](=O)[O-])c2)CC1. The first kappa shape index (κ1) is 21.7. The Labute approximate surface area is 176 Å². The molecule has 0 radical (unpaired) electrons. The number of amides is 1. The summed E-state index contributed by atoms with van der Waals surface area (Å²) in [5, 5.41) is 11.0. The summed E-state index contributed by atoms with van der Waals surface area (Å²) in [6.07, 6.45) is 0. The summed E-state index contributed by atoms with van der Waals surface area (Å²) in [6, 6.07) is 14.0. The fourth-order valence-electron chi connectivity index (χ4n) is 3.43. The zero-order chi connectivity index (χ0) is 21.3. The first-order valence-corrected chi connectivity index (χ1v) is 10.1. The minimum atomic E-state index is -0.381. The Bertz CT molecular complexity index is 865. The van der Waals surface area contributed by atoms with Crippen LogP contribution in [-0.2, 0) is 11.3 Å². The van der Waals surface area contributed by atoms with E-state index < -0.39 is 0 Å². The highest BCUT2D eigenvalue weighted by Gasteiger charge is 2.24. The number of ether oxygens (including phenoxy) is 2. The highest BCUT2D eigenvalue weighted by atomic mass is 16.6. The Hall–Kier alpha value is -2.97. The lowest BCUT2D eigenvalue weighted by Crippen LogP contribution is -2.48. The van der Waals surface area contributed by atoms with Crippen molar-refractivity contribution < 1.29 is 19.2 Å². The molecule has 160 valence electrons. The molecule has 1 heterocycles. The van der Waals surface area contributed by atoms with E-state index >= 15 is 0 Å². The molecular formula is C22H27N3O5. The highest BCUT2D eigenvalue weighted by molar-refractivity contribution is 5.97. The molecule has 0 unspecified atom stereocenters. The molecule has 0 spiro atoms. The van der Waals surface area contributed by atoms with E-state index in [1.54, 1.807) is 24.3 Å². The van der Waals surface area contributed by atoms with Crippen LogP contribution in [0.1, 0.15) is 22.8 Å². The molecule has 3 rings (SSSR count). The van der Waals surface area contributed by atoms with Crippen LogP contribution >= 0.6 is 0 Å². The molecular weight excluding hydrogens is 386 g/mol. The van der Waals surface area contributed by atoms with Gasteiger partial charge in [0.25, 0.3) is 11.6 Å². The molecule has 1 aliphatic rings. The van der Waals surface area contributed by atoms with E-state index in [9.17, 15) is 14.9 Å². The van der Waals surface area contributed by atoms with Crippen LogP contribution in [0.15, 0.2) is 48.5 Å². The quantitative estimate of drug-likeness (QED) is 0.357. The van der Waals surface area contributed by atoms with E-state index in [0.29, 0.717) is 63.9 Å². The molecule has 1 saturated heterocycles. The highest BCUT2D eigenvalue weighted by Crippen LogP contribution is 2.21. The average molecular weight is 413 g/mol. The monoisotopic (exact) mass is 413 g/mol. The second-order valence-corrected chi connectivity index (χ2v) is 7.04. The van der Waals surface area contributed by atoms with Crippen LogP contribution in [0, 0.1) is 10.1 Å².